The number of rotatable bonds is 0. The van der Waals surface area contributed by atoms with Gasteiger partial charge >= 0.3 is 0 Å². The Labute approximate surface area is 141 Å². The van der Waals surface area contributed by atoms with Crippen LogP contribution in [0.5, 0.6) is 0 Å². The molecule has 0 fully saturated rings. The molecule has 0 atom stereocenters. The van der Waals surface area contributed by atoms with E-state index >= 15 is 0 Å². The number of nitrogens with zero attached hydrogens (tertiary/aromatic N) is 6. The minimum Gasteiger partial charge on any atom is -0.214 e. The van der Waals surface area contributed by atoms with E-state index in [1.54, 1.807) is 0 Å². The van der Waals surface area contributed by atoms with Gasteiger partial charge in [0, 0.05) is 0 Å². The van der Waals surface area contributed by atoms with Crippen molar-refractivity contribution in [2.24, 2.45) is 0 Å². The van der Waals surface area contributed by atoms with Crippen molar-refractivity contribution in [3.05, 3.63) is 54.6 Å². The van der Waals surface area contributed by atoms with Crippen LogP contribution in [0, 0.1) is 0 Å². The predicted molar refractivity (Wildman–Crippen MR) is 95.9 cm³/mol. The summed E-state index contributed by atoms with van der Waals surface area (Å²) in [5.74, 6) is 0. The third kappa shape index (κ3) is 1.20. The monoisotopic (exact) mass is 320 g/mol. The molecule has 0 amide bonds. The molecule has 7 rings (SSSR count). The van der Waals surface area contributed by atoms with Gasteiger partial charge in [0.25, 0.3) is 6.71 Å². The number of fused-ring (bicyclic) bond motifs is 4. The first-order chi connectivity index (χ1) is 12.4. The Bertz CT molecular complexity index is 1260. The molecule has 6 nitrogen and oxygen atoms in total. The highest BCUT2D eigenvalue weighted by molar-refractivity contribution is 7.00. The van der Waals surface area contributed by atoms with Crippen LogP contribution in [0.2, 0.25) is 0 Å². The largest absolute Gasteiger partial charge is 0.252 e. The standard InChI is InChI=1S/C18H9BN6/c1-4-10-17-12(6-1)20-22-24(17)14-8-3-9-15-16(14)19(10)11-5-2-7-13-18(11)25(15)23-21-13/h1-9H. The van der Waals surface area contributed by atoms with Gasteiger partial charge in [-0.2, -0.15) is 0 Å². The fourth-order valence-electron chi connectivity index (χ4n) is 4.48. The second-order valence-electron chi connectivity index (χ2n) is 6.58. The molecule has 0 bridgehead atoms. The summed E-state index contributed by atoms with van der Waals surface area (Å²) >= 11 is 0. The highest BCUT2D eigenvalue weighted by Gasteiger charge is 2.40. The van der Waals surface area contributed by atoms with Crippen LogP contribution in [0.25, 0.3) is 33.4 Å². The normalized spacial score (nSPS) is 13.5. The van der Waals surface area contributed by atoms with Crippen LogP contribution in [-0.2, 0) is 0 Å². The molecule has 0 saturated heterocycles. The Kier molecular flexibility index (Phi) is 1.81. The van der Waals surface area contributed by atoms with Gasteiger partial charge in [-0.05, 0) is 40.7 Å². The van der Waals surface area contributed by atoms with Crippen LogP contribution in [0.1, 0.15) is 0 Å². The second-order valence-corrected chi connectivity index (χ2v) is 6.58. The van der Waals surface area contributed by atoms with Crippen LogP contribution in [0.3, 0.4) is 0 Å². The Morgan fingerprint density at radius 1 is 0.640 bits per heavy atom. The number of benzene rings is 3. The average Bonchev–Trinajstić information content (AvgIpc) is 3.28. The molecule has 2 aliphatic rings. The van der Waals surface area contributed by atoms with Crippen molar-refractivity contribution in [1.29, 1.82) is 0 Å². The van der Waals surface area contributed by atoms with Crippen molar-refractivity contribution in [2.45, 2.75) is 0 Å². The van der Waals surface area contributed by atoms with Crippen LogP contribution in [0.4, 0.5) is 0 Å². The van der Waals surface area contributed by atoms with Crippen LogP contribution in [-0.4, -0.2) is 36.7 Å². The first-order valence-corrected chi connectivity index (χ1v) is 8.24. The summed E-state index contributed by atoms with van der Waals surface area (Å²) in [5.41, 5.74) is 9.88. The zero-order valence-electron chi connectivity index (χ0n) is 13.0. The maximum absolute atomic E-state index is 4.42. The number of para-hydroxylation sites is 2. The van der Waals surface area contributed by atoms with E-state index in [0.717, 1.165) is 33.4 Å². The molecule has 3 aromatic carbocycles. The summed E-state index contributed by atoms with van der Waals surface area (Å²) in [5, 5.41) is 17.6. The summed E-state index contributed by atoms with van der Waals surface area (Å²) in [6, 6.07) is 18.8. The fraction of sp³-hybridized carbons (Fsp3) is 0. The molecule has 0 aliphatic carbocycles. The van der Waals surface area contributed by atoms with Gasteiger partial charge in [-0.1, -0.05) is 40.8 Å². The third-order valence-electron chi connectivity index (χ3n) is 5.43. The van der Waals surface area contributed by atoms with Crippen LogP contribution >= 0.6 is 0 Å². The highest BCUT2D eigenvalue weighted by Crippen LogP contribution is 2.26. The van der Waals surface area contributed by atoms with Crippen molar-refractivity contribution in [3.8, 4) is 11.4 Å². The SMILES string of the molecule is c1cc2c3c(c1)-n1nnc4cccc(c41)B3c1cccc3nnn-2c13. The zero-order valence-corrected chi connectivity index (χ0v) is 13.0. The van der Waals surface area contributed by atoms with Gasteiger partial charge in [0.2, 0.25) is 0 Å². The Balaban J connectivity index is 1.79. The van der Waals surface area contributed by atoms with E-state index in [-0.39, 0.29) is 6.71 Å². The molecular weight excluding hydrogens is 311 g/mol. The van der Waals surface area contributed by atoms with Gasteiger partial charge in [-0.25, -0.2) is 9.36 Å². The second kappa shape index (κ2) is 3.78. The predicted octanol–water partition coefficient (Wildman–Crippen LogP) is 0.297. The van der Waals surface area contributed by atoms with Gasteiger partial charge < -0.3 is 0 Å². The number of aromatic nitrogens is 6. The van der Waals surface area contributed by atoms with E-state index < -0.39 is 0 Å². The summed E-state index contributed by atoms with van der Waals surface area (Å²) in [6.45, 7) is 0.149. The van der Waals surface area contributed by atoms with Crippen molar-refractivity contribution >= 4 is 45.2 Å². The number of hydrogen-bond acceptors (Lipinski definition) is 4. The Morgan fingerprint density at radius 3 is 1.72 bits per heavy atom. The van der Waals surface area contributed by atoms with E-state index in [1.807, 2.05) is 27.6 Å². The molecule has 0 N–H and O–H groups in total. The van der Waals surface area contributed by atoms with E-state index in [9.17, 15) is 0 Å². The van der Waals surface area contributed by atoms with E-state index in [4.69, 9.17) is 0 Å². The summed E-state index contributed by atoms with van der Waals surface area (Å²) in [4.78, 5) is 0. The molecule has 0 spiro atoms. The minimum atomic E-state index is 0.149. The first kappa shape index (κ1) is 12.0. The van der Waals surface area contributed by atoms with Crippen molar-refractivity contribution < 1.29 is 0 Å². The molecule has 0 unspecified atom stereocenters. The molecule has 0 radical (unpaired) electrons. The maximum atomic E-state index is 4.42. The topological polar surface area (TPSA) is 61.4 Å². The van der Waals surface area contributed by atoms with Crippen molar-refractivity contribution in [3.63, 3.8) is 0 Å². The summed E-state index contributed by atoms with van der Waals surface area (Å²) < 4.78 is 3.92. The van der Waals surface area contributed by atoms with Gasteiger partial charge in [0.1, 0.15) is 11.0 Å². The molecule has 0 saturated carbocycles. The van der Waals surface area contributed by atoms with Gasteiger partial charge in [0.05, 0.1) is 22.4 Å². The van der Waals surface area contributed by atoms with Gasteiger partial charge in [-0.15, -0.1) is 10.2 Å². The number of hydrogen-bond donors (Lipinski definition) is 0. The molecular formula is C18H9BN6. The lowest BCUT2D eigenvalue weighted by Gasteiger charge is -2.30. The minimum absolute atomic E-state index is 0.149. The Morgan fingerprint density at radius 2 is 1.16 bits per heavy atom. The fourth-order valence-corrected chi connectivity index (χ4v) is 4.48. The zero-order chi connectivity index (χ0) is 16.1. The van der Waals surface area contributed by atoms with Crippen molar-refractivity contribution in [1.82, 2.24) is 30.0 Å². The third-order valence-corrected chi connectivity index (χ3v) is 5.43. The quantitative estimate of drug-likeness (QED) is 0.377. The van der Waals surface area contributed by atoms with Gasteiger partial charge in [-0.3, -0.25) is 0 Å². The Hall–Kier alpha value is -3.48. The van der Waals surface area contributed by atoms with E-state index in [0.29, 0.717) is 0 Å². The summed E-state index contributed by atoms with van der Waals surface area (Å²) in [7, 11) is 0. The smallest absolute Gasteiger partial charge is 0.214 e. The first-order valence-electron chi connectivity index (χ1n) is 8.24. The van der Waals surface area contributed by atoms with Gasteiger partial charge in [0.15, 0.2) is 0 Å². The molecule has 2 aliphatic heterocycles. The van der Waals surface area contributed by atoms with E-state index in [1.165, 1.54) is 16.4 Å². The molecule has 2 aromatic heterocycles. The lowest BCUT2D eigenvalue weighted by Crippen LogP contribution is -2.59. The summed E-state index contributed by atoms with van der Waals surface area (Å²) in [6.07, 6.45) is 0. The lowest BCUT2D eigenvalue weighted by atomic mass is 9.34. The van der Waals surface area contributed by atoms with Crippen LogP contribution in [0.15, 0.2) is 54.6 Å². The molecule has 4 heterocycles. The molecule has 7 heteroatoms. The lowest BCUT2D eigenvalue weighted by molar-refractivity contribution is 0.810. The van der Waals surface area contributed by atoms with Crippen LogP contribution < -0.4 is 16.4 Å². The average molecular weight is 320 g/mol. The maximum Gasteiger partial charge on any atom is 0.252 e. The molecule has 25 heavy (non-hydrogen) atoms. The van der Waals surface area contributed by atoms with Crippen molar-refractivity contribution in [2.75, 3.05) is 0 Å². The van der Waals surface area contributed by atoms with E-state index in [2.05, 4.69) is 57.0 Å². The molecule has 114 valence electrons. The highest BCUT2D eigenvalue weighted by atomic mass is 15.4. The molecule has 5 aromatic rings.